The Bertz CT molecular complexity index is 1390. The van der Waals surface area contributed by atoms with Gasteiger partial charge in [-0.15, -0.1) is 0 Å². The Balaban J connectivity index is 2.07. The van der Waals surface area contributed by atoms with Crippen molar-refractivity contribution in [1.82, 2.24) is 10.2 Å². The fraction of sp³-hybridized carbons (Fsp3) is 0.457. The normalized spacial score (nSPS) is 13.0. The third kappa shape index (κ3) is 8.81. The van der Waals surface area contributed by atoms with Gasteiger partial charge in [0.05, 0.1) is 0 Å². The van der Waals surface area contributed by atoms with E-state index in [9.17, 15) is 14.4 Å². The van der Waals surface area contributed by atoms with Crippen molar-refractivity contribution in [3.8, 4) is 0 Å². The first-order valence-corrected chi connectivity index (χ1v) is 15.0. The van der Waals surface area contributed by atoms with Gasteiger partial charge < -0.3 is 20.3 Å². The van der Waals surface area contributed by atoms with Crippen molar-refractivity contribution in [3.05, 3.63) is 77.4 Å². The van der Waals surface area contributed by atoms with E-state index in [1.165, 1.54) is 0 Å². The molecule has 7 heteroatoms. The number of nitrogens with zero attached hydrogens (tertiary/aromatic N) is 1. The van der Waals surface area contributed by atoms with Crippen LogP contribution in [0.2, 0.25) is 0 Å². The van der Waals surface area contributed by atoms with Gasteiger partial charge >= 0.3 is 6.09 Å². The summed E-state index contributed by atoms with van der Waals surface area (Å²) in [7, 11) is 0. The second kappa shape index (κ2) is 14.3. The van der Waals surface area contributed by atoms with Gasteiger partial charge in [0.1, 0.15) is 17.7 Å². The van der Waals surface area contributed by atoms with Gasteiger partial charge in [0.2, 0.25) is 5.91 Å². The molecule has 42 heavy (non-hydrogen) atoms. The van der Waals surface area contributed by atoms with Crippen LogP contribution in [0.3, 0.4) is 0 Å². The fourth-order valence-corrected chi connectivity index (χ4v) is 5.04. The molecule has 0 spiro atoms. The van der Waals surface area contributed by atoms with E-state index in [2.05, 4.69) is 17.6 Å². The average molecular weight is 574 g/mol. The van der Waals surface area contributed by atoms with Crippen LogP contribution in [0, 0.1) is 19.8 Å². The fourth-order valence-electron chi connectivity index (χ4n) is 5.04. The number of hydrogen-bond acceptors (Lipinski definition) is 4. The van der Waals surface area contributed by atoms with E-state index < -0.39 is 23.8 Å². The molecule has 0 aromatic heterocycles. The van der Waals surface area contributed by atoms with Crippen molar-refractivity contribution in [3.63, 3.8) is 0 Å². The number of rotatable bonds is 11. The first kappa shape index (κ1) is 32.6. The lowest BCUT2D eigenvalue weighted by Crippen LogP contribution is -2.53. The lowest BCUT2D eigenvalue weighted by Gasteiger charge is -2.35. The molecule has 0 aliphatic carbocycles. The molecular formula is C35H47N3O4. The maximum atomic E-state index is 14.4. The summed E-state index contributed by atoms with van der Waals surface area (Å²) in [6.07, 6.45) is 1.30. The monoisotopic (exact) mass is 573 g/mol. The number of aryl methyl sites for hydroxylation is 1. The van der Waals surface area contributed by atoms with E-state index in [1.54, 1.807) is 25.7 Å². The molecule has 0 aliphatic heterocycles. The molecule has 3 rings (SSSR count). The van der Waals surface area contributed by atoms with Crippen LogP contribution >= 0.6 is 0 Å². The maximum absolute atomic E-state index is 14.4. The second-order valence-electron chi connectivity index (χ2n) is 12.5. The number of amides is 3. The summed E-state index contributed by atoms with van der Waals surface area (Å²) in [6, 6.07) is 17.9. The molecule has 3 aromatic rings. The average Bonchev–Trinajstić information content (AvgIpc) is 2.90. The molecule has 2 atom stereocenters. The first-order valence-electron chi connectivity index (χ1n) is 15.0. The number of carbonyl (C=O) groups is 3. The molecule has 2 N–H and O–H groups in total. The Hall–Kier alpha value is -3.87. The van der Waals surface area contributed by atoms with Crippen molar-refractivity contribution in [2.24, 2.45) is 5.92 Å². The Labute approximate surface area is 251 Å². The molecule has 0 bridgehead atoms. The van der Waals surface area contributed by atoms with Gasteiger partial charge in [0, 0.05) is 12.2 Å². The van der Waals surface area contributed by atoms with E-state index in [1.807, 2.05) is 88.4 Å². The molecule has 0 aliphatic rings. The van der Waals surface area contributed by atoms with E-state index in [0.717, 1.165) is 33.9 Å². The van der Waals surface area contributed by atoms with E-state index in [0.29, 0.717) is 25.1 Å². The van der Waals surface area contributed by atoms with Gasteiger partial charge in [-0.1, -0.05) is 75.7 Å². The molecule has 2 unspecified atom stereocenters. The lowest BCUT2D eigenvalue weighted by molar-refractivity contribution is -0.141. The largest absolute Gasteiger partial charge is 0.444 e. The summed E-state index contributed by atoms with van der Waals surface area (Å²) in [5.41, 5.74) is 2.69. The Morgan fingerprint density at radius 2 is 1.62 bits per heavy atom. The molecule has 0 saturated carbocycles. The number of nitrogens with one attached hydrogen (secondary N) is 2. The van der Waals surface area contributed by atoms with Crippen LogP contribution in [0.1, 0.15) is 83.5 Å². The summed E-state index contributed by atoms with van der Waals surface area (Å²) in [4.78, 5) is 43.1. The molecule has 0 fully saturated rings. The predicted octanol–water partition coefficient (Wildman–Crippen LogP) is 7.70. The number of unbranched alkanes of at least 4 members (excludes halogenated alkanes) is 1. The van der Waals surface area contributed by atoms with E-state index in [-0.39, 0.29) is 17.7 Å². The van der Waals surface area contributed by atoms with Crippen molar-refractivity contribution in [2.45, 2.75) is 92.3 Å². The topological polar surface area (TPSA) is 87.7 Å². The molecule has 0 saturated heterocycles. The zero-order valence-electron chi connectivity index (χ0n) is 26.4. The third-order valence-corrected chi connectivity index (χ3v) is 7.25. The Kier molecular flexibility index (Phi) is 11.1. The third-order valence-electron chi connectivity index (χ3n) is 7.25. The van der Waals surface area contributed by atoms with Gasteiger partial charge in [-0.2, -0.15) is 0 Å². The van der Waals surface area contributed by atoms with Gasteiger partial charge in [0.25, 0.3) is 5.91 Å². The molecule has 226 valence electrons. The summed E-state index contributed by atoms with van der Waals surface area (Å²) in [6.45, 7) is 15.8. The van der Waals surface area contributed by atoms with Gasteiger partial charge in [-0.05, 0) is 93.0 Å². The highest BCUT2D eigenvalue weighted by Crippen LogP contribution is 2.30. The quantitative estimate of drug-likeness (QED) is 0.246. The van der Waals surface area contributed by atoms with Crippen LogP contribution in [0.4, 0.5) is 10.5 Å². The number of hydrogen-bond donors (Lipinski definition) is 2. The Morgan fingerprint density at radius 3 is 2.26 bits per heavy atom. The highest BCUT2D eigenvalue weighted by atomic mass is 16.6. The number of benzene rings is 3. The highest BCUT2D eigenvalue weighted by molar-refractivity contribution is 6.00. The number of ether oxygens (including phenoxy) is 1. The number of fused-ring (bicyclic) bond motifs is 1. The van der Waals surface area contributed by atoms with Crippen molar-refractivity contribution in [2.75, 3.05) is 11.9 Å². The number of anilines is 1. The van der Waals surface area contributed by atoms with Crippen LogP contribution in [-0.2, 0) is 14.3 Å². The first-order chi connectivity index (χ1) is 19.8. The van der Waals surface area contributed by atoms with Crippen molar-refractivity contribution >= 4 is 34.4 Å². The van der Waals surface area contributed by atoms with Gasteiger partial charge in [0.15, 0.2) is 0 Å². The summed E-state index contributed by atoms with van der Waals surface area (Å²) in [5.74, 6) is -0.487. The molecule has 0 heterocycles. The van der Waals surface area contributed by atoms with Crippen LogP contribution in [0.15, 0.2) is 60.7 Å². The zero-order chi connectivity index (χ0) is 31.0. The van der Waals surface area contributed by atoms with Crippen LogP contribution in [-0.4, -0.2) is 41.0 Å². The molecule has 7 nitrogen and oxygen atoms in total. The van der Waals surface area contributed by atoms with E-state index >= 15 is 0 Å². The highest BCUT2D eigenvalue weighted by Gasteiger charge is 2.37. The number of alkyl carbamates (subject to hydrolysis) is 1. The smallest absolute Gasteiger partial charge is 0.408 e. The molecule has 3 amide bonds. The van der Waals surface area contributed by atoms with Crippen LogP contribution in [0.5, 0.6) is 0 Å². The summed E-state index contributed by atoms with van der Waals surface area (Å²) < 4.78 is 5.50. The van der Waals surface area contributed by atoms with E-state index in [4.69, 9.17) is 4.74 Å². The lowest BCUT2D eigenvalue weighted by atomic mass is 9.94. The number of carbonyl (C=O) groups excluding carboxylic acids is 3. The minimum Gasteiger partial charge on any atom is -0.444 e. The molecular weight excluding hydrogens is 526 g/mol. The minimum absolute atomic E-state index is 0.118. The van der Waals surface area contributed by atoms with Gasteiger partial charge in [-0.25, -0.2) is 4.79 Å². The van der Waals surface area contributed by atoms with Crippen LogP contribution < -0.4 is 10.6 Å². The van der Waals surface area contributed by atoms with Gasteiger partial charge in [-0.3, -0.25) is 9.59 Å². The Morgan fingerprint density at radius 1 is 0.929 bits per heavy atom. The standard InChI is InChI=1S/C35H47N3O4/c1-9-10-20-38(33(40)30(21-23(2)3)37-34(41)42-35(6,7)8)31(29-17-13-14-24(4)25(29)5)32(39)36-28-19-18-26-15-11-12-16-27(26)22-28/h11-19,22-23,30-31H,9-10,20-21H2,1-8H3,(H,36,39)(H,37,41). The van der Waals surface area contributed by atoms with Crippen LogP contribution in [0.25, 0.3) is 10.8 Å². The second-order valence-corrected chi connectivity index (χ2v) is 12.5. The van der Waals surface area contributed by atoms with Crippen molar-refractivity contribution in [1.29, 1.82) is 0 Å². The summed E-state index contributed by atoms with van der Waals surface area (Å²) in [5, 5.41) is 8.00. The maximum Gasteiger partial charge on any atom is 0.408 e. The molecule has 3 aromatic carbocycles. The SMILES string of the molecule is CCCCN(C(=O)C(CC(C)C)NC(=O)OC(C)(C)C)C(C(=O)Nc1ccc2ccccc2c1)c1cccc(C)c1C. The zero-order valence-corrected chi connectivity index (χ0v) is 26.4. The predicted molar refractivity (Wildman–Crippen MR) is 170 cm³/mol. The molecule has 0 radical (unpaired) electrons. The van der Waals surface area contributed by atoms with Crippen molar-refractivity contribution < 1.29 is 19.1 Å². The summed E-state index contributed by atoms with van der Waals surface area (Å²) >= 11 is 0. The minimum atomic E-state index is -0.898.